The van der Waals surface area contributed by atoms with Crippen molar-refractivity contribution in [2.45, 2.75) is 46.5 Å². The summed E-state index contributed by atoms with van der Waals surface area (Å²) in [6, 6.07) is 4.15. The molecule has 2 nitrogen and oxygen atoms in total. The second kappa shape index (κ2) is 6.39. The molecule has 1 aromatic carbocycles. The molecule has 1 aromatic rings. The molecule has 0 heterocycles. The quantitative estimate of drug-likeness (QED) is 0.443. The molecule has 0 saturated heterocycles. The molecule has 0 amide bonds. The van der Waals surface area contributed by atoms with Gasteiger partial charge < -0.3 is 4.74 Å². The molecule has 0 saturated carbocycles. The summed E-state index contributed by atoms with van der Waals surface area (Å²) in [6.07, 6.45) is 3.29. The number of esters is 1. The molecule has 1 rings (SSSR count). The van der Waals surface area contributed by atoms with Gasteiger partial charge in [0.15, 0.2) is 0 Å². The third-order valence-electron chi connectivity index (χ3n) is 2.95. The summed E-state index contributed by atoms with van der Waals surface area (Å²) >= 11 is 0. The zero-order valence-electron chi connectivity index (χ0n) is 11.7. The van der Waals surface area contributed by atoms with Crippen molar-refractivity contribution in [2.24, 2.45) is 0 Å². The van der Waals surface area contributed by atoms with Crippen LogP contribution in [0, 0.1) is 6.92 Å². The van der Waals surface area contributed by atoms with Crippen LogP contribution in [0.5, 0.6) is 5.75 Å². The average Bonchev–Trinajstić information content (AvgIpc) is 2.33. The molecule has 0 bridgehead atoms. The van der Waals surface area contributed by atoms with Crippen LogP contribution in [0.2, 0.25) is 0 Å². The standard InChI is InChI=1S/C16H22O2/c1-6-8-13-10-9-12(5)16(15(13)11(3)4)18-14(17)7-2/h7,9-11H,2,6,8H2,1,3-5H3. The fourth-order valence-electron chi connectivity index (χ4n) is 2.15. The fourth-order valence-corrected chi connectivity index (χ4v) is 2.15. The molecule has 2 heteroatoms. The van der Waals surface area contributed by atoms with Crippen molar-refractivity contribution in [1.82, 2.24) is 0 Å². The van der Waals surface area contributed by atoms with Crippen LogP contribution in [0.4, 0.5) is 0 Å². The number of benzene rings is 1. The zero-order valence-corrected chi connectivity index (χ0v) is 11.7. The Labute approximate surface area is 110 Å². The van der Waals surface area contributed by atoms with Gasteiger partial charge in [0.05, 0.1) is 0 Å². The molecule has 0 aliphatic rings. The molecular weight excluding hydrogens is 224 g/mol. The van der Waals surface area contributed by atoms with E-state index in [0.717, 1.165) is 24.0 Å². The largest absolute Gasteiger partial charge is 0.423 e. The Morgan fingerprint density at radius 3 is 2.61 bits per heavy atom. The second-order valence-electron chi connectivity index (χ2n) is 4.81. The van der Waals surface area contributed by atoms with E-state index in [1.165, 1.54) is 11.6 Å². The Balaban J connectivity index is 3.31. The molecule has 18 heavy (non-hydrogen) atoms. The predicted molar refractivity (Wildman–Crippen MR) is 75.1 cm³/mol. The molecule has 0 atom stereocenters. The summed E-state index contributed by atoms with van der Waals surface area (Å²) in [5, 5.41) is 0. The Kier molecular flexibility index (Phi) is 5.14. The lowest BCUT2D eigenvalue weighted by Gasteiger charge is -2.19. The van der Waals surface area contributed by atoms with Crippen LogP contribution >= 0.6 is 0 Å². The normalized spacial score (nSPS) is 10.5. The fraction of sp³-hybridized carbons (Fsp3) is 0.438. The minimum atomic E-state index is -0.395. The smallest absolute Gasteiger partial charge is 0.335 e. The number of hydrogen-bond acceptors (Lipinski definition) is 2. The van der Waals surface area contributed by atoms with E-state index < -0.39 is 5.97 Å². The first-order chi connectivity index (χ1) is 8.51. The lowest BCUT2D eigenvalue weighted by Crippen LogP contribution is -2.09. The predicted octanol–water partition coefficient (Wildman–Crippen LogP) is 4.16. The van der Waals surface area contributed by atoms with Crippen LogP contribution in [0.1, 0.15) is 49.8 Å². The highest BCUT2D eigenvalue weighted by Crippen LogP contribution is 2.34. The summed E-state index contributed by atoms with van der Waals surface area (Å²) in [7, 11) is 0. The Hall–Kier alpha value is -1.57. The number of aryl methyl sites for hydroxylation is 2. The number of hydrogen-bond donors (Lipinski definition) is 0. The van der Waals surface area contributed by atoms with Gasteiger partial charge in [-0.25, -0.2) is 4.79 Å². The van der Waals surface area contributed by atoms with Crippen LogP contribution in [-0.4, -0.2) is 5.97 Å². The Morgan fingerprint density at radius 2 is 2.11 bits per heavy atom. The molecule has 0 aromatic heterocycles. The first kappa shape index (κ1) is 14.5. The van der Waals surface area contributed by atoms with Gasteiger partial charge in [0.1, 0.15) is 5.75 Å². The minimum Gasteiger partial charge on any atom is -0.423 e. The minimum absolute atomic E-state index is 0.332. The lowest BCUT2D eigenvalue weighted by molar-refractivity contribution is -0.129. The van der Waals surface area contributed by atoms with Gasteiger partial charge in [0.2, 0.25) is 0 Å². The van der Waals surface area contributed by atoms with Gasteiger partial charge in [-0.05, 0) is 30.4 Å². The van der Waals surface area contributed by atoms with Crippen LogP contribution < -0.4 is 4.74 Å². The van der Waals surface area contributed by atoms with Crippen molar-refractivity contribution in [1.29, 1.82) is 0 Å². The van der Waals surface area contributed by atoms with Crippen LogP contribution in [0.3, 0.4) is 0 Å². The van der Waals surface area contributed by atoms with Gasteiger partial charge in [-0.3, -0.25) is 0 Å². The highest BCUT2D eigenvalue weighted by atomic mass is 16.5. The van der Waals surface area contributed by atoms with E-state index in [2.05, 4.69) is 33.4 Å². The molecular formula is C16H22O2. The number of carbonyl (C=O) groups is 1. The first-order valence-electron chi connectivity index (χ1n) is 6.47. The van der Waals surface area contributed by atoms with Gasteiger partial charge in [-0.2, -0.15) is 0 Å². The molecule has 0 radical (unpaired) electrons. The topological polar surface area (TPSA) is 26.3 Å². The number of ether oxygens (including phenoxy) is 1. The van der Waals surface area contributed by atoms with Gasteiger partial charge in [-0.1, -0.05) is 45.9 Å². The van der Waals surface area contributed by atoms with Crippen molar-refractivity contribution < 1.29 is 9.53 Å². The van der Waals surface area contributed by atoms with Gasteiger partial charge in [0, 0.05) is 11.6 Å². The zero-order chi connectivity index (χ0) is 13.7. The Bertz CT molecular complexity index is 445. The van der Waals surface area contributed by atoms with Crippen molar-refractivity contribution >= 4 is 5.97 Å². The van der Waals surface area contributed by atoms with E-state index in [0.29, 0.717) is 11.7 Å². The van der Waals surface area contributed by atoms with Crippen LogP contribution in [0.15, 0.2) is 24.8 Å². The molecule has 0 aliphatic carbocycles. The highest BCUT2D eigenvalue weighted by Gasteiger charge is 2.17. The number of rotatable bonds is 5. The summed E-state index contributed by atoms with van der Waals surface area (Å²) in [6.45, 7) is 11.8. The van der Waals surface area contributed by atoms with Crippen molar-refractivity contribution in [2.75, 3.05) is 0 Å². The number of carbonyl (C=O) groups excluding carboxylic acids is 1. The highest BCUT2D eigenvalue weighted by molar-refractivity contribution is 5.84. The average molecular weight is 246 g/mol. The molecule has 0 fully saturated rings. The van der Waals surface area contributed by atoms with Crippen molar-refractivity contribution in [3.63, 3.8) is 0 Å². The molecule has 0 aliphatic heterocycles. The van der Waals surface area contributed by atoms with Crippen LogP contribution in [-0.2, 0) is 11.2 Å². The van der Waals surface area contributed by atoms with Crippen molar-refractivity contribution in [3.05, 3.63) is 41.5 Å². The maximum atomic E-state index is 11.4. The van der Waals surface area contributed by atoms with E-state index in [4.69, 9.17) is 4.74 Å². The van der Waals surface area contributed by atoms with Crippen LogP contribution in [0.25, 0.3) is 0 Å². The molecule has 0 spiro atoms. The third-order valence-corrected chi connectivity index (χ3v) is 2.95. The van der Waals surface area contributed by atoms with Gasteiger partial charge in [0.25, 0.3) is 0 Å². The van der Waals surface area contributed by atoms with Crippen molar-refractivity contribution in [3.8, 4) is 5.75 Å². The lowest BCUT2D eigenvalue weighted by atomic mass is 9.91. The molecule has 98 valence electrons. The van der Waals surface area contributed by atoms with E-state index >= 15 is 0 Å². The van der Waals surface area contributed by atoms with E-state index in [1.54, 1.807) is 0 Å². The van der Waals surface area contributed by atoms with E-state index in [9.17, 15) is 4.79 Å². The summed E-state index contributed by atoms with van der Waals surface area (Å²) in [4.78, 5) is 11.4. The van der Waals surface area contributed by atoms with Gasteiger partial charge >= 0.3 is 5.97 Å². The van der Waals surface area contributed by atoms with E-state index in [1.807, 2.05) is 13.0 Å². The second-order valence-corrected chi connectivity index (χ2v) is 4.81. The first-order valence-corrected chi connectivity index (χ1v) is 6.47. The summed E-state index contributed by atoms with van der Waals surface area (Å²) < 4.78 is 5.42. The molecule has 0 N–H and O–H groups in total. The molecule has 0 unspecified atom stereocenters. The summed E-state index contributed by atoms with van der Waals surface area (Å²) in [5.41, 5.74) is 3.41. The Morgan fingerprint density at radius 1 is 1.44 bits per heavy atom. The summed E-state index contributed by atoms with van der Waals surface area (Å²) in [5.74, 6) is 0.647. The van der Waals surface area contributed by atoms with Gasteiger partial charge in [-0.15, -0.1) is 0 Å². The third kappa shape index (κ3) is 3.22. The maximum absolute atomic E-state index is 11.4. The monoisotopic (exact) mass is 246 g/mol. The SMILES string of the molecule is C=CC(=O)Oc1c(C)ccc(CCC)c1C(C)C. The maximum Gasteiger partial charge on any atom is 0.335 e. The van der Waals surface area contributed by atoms with E-state index in [-0.39, 0.29) is 0 Å².